The topological polar surface area (TPSA) is 424 Å². The molecular formula is C71H144N2O28S6. The zero-order valence-corrected chi connectivity index (χ0v) is 76.8. The Bertz CT molecular complexity index is 3320. The molecule has 0 fully saturated rings. The van der Waals surface area contributed by atoms with E-state index < -0.39 is 139 Å². The van der Waals surface area contributed by atoms with Gasteiger partial charge in [-0.3, -0.25) is 53.9 Å². The van der Waals surface area contributed by atoms with Gasteiger partial charge in [0.25, 0.3) is 60.7 Å². The smallest absolute Gasteiger partial charge is 0.312 e. The Morgan fingerprint density at radius 1 is 0.252 bits per heavy atom. The summed E-state index contributed by atoms with van der Waals surface area (Å²) in [5, 5.41) is 5.77. The molecule has 0 spiro atoms. The summed E-state index contributed by atoms with van der Waals surface area (Å²) in [6.07, 6.45) is 5.81. The molecule has 0 aromatic heterocycles. The molecule has 0 aromatic rings. The molecule has 0 saturated heterocycles. The number of esters is 4. The standard InChI is InChI=1S/C13H26O5S.2C12H25NO4S.C12H24O5S.2C11H22O5S/c1-7-12(3,4)11(14)18-13(5,8-2)9-10-19(15,16)17-6;2*1-7-11(2,3)10(14)13-12(4,5)8-9-18(15,16)17-6;1-7-11(3,4)10(13)17-12(5,8-2)9-18(14,15)16-6;2*1-7-10(2,3)9(12)16-11(4,5)8-17(13,14)15-6/h7-10H2,1-6H3;2*7-9H2,1-6H3,(H,13,14);7-9H2,1-6H3;2*7-8H2,1-6H3. The van der Waals surface area contributed by atoms with Crippen LogP contribution in [0, 0.1) is 32.5 Å². The van der Waals surface area contributed by atoms with Crippen LogP contribution < -0.4 is 10.6 Å². The predicted octanol–water partition coefficient (Wildman–Crippen LogP) is 11.4. The van der Waals surface area contributed by atoms with Crippen LogP contribution in [0.25, 0.3) is 0 Å². The summed E-state index contributed by atoms with van der Waals surface area (Å²) in [5.74, 6) is -3.06. The third-order valence-electron chi connectivity index (χ3n) is 18.4. The highest BCUT2D eigenvalue weighted by atomic mass is 32.2. The van der Waals surface area contributed by atoms with Crippen molar-refractivity contribution in [3.63, 3.8) is 0 Å². The summed E-state index contributed by atoms with van der Waals surface area (Å²) in [6, 6.07) is 0. The van der Waals surface area contributed by atoms with E-state index in [4.69, 9.17) is 18.9 Å². The normalized spacial score (nSPS) is 14.4. The fraction of sp³-hybridized carbons (Fsp3) is 0.915. The van der Waals surface area contributed by atoms with Gasteiger partial charge < -0.3 is 29.6 Å². The number of amides is 2. The van der Waals surface area contributed by atoms with E-state index in [9.17, 15) is 79.3 Å². The molecule has 0 saturated carbocycles. The molecule has 2 unspecified atom stereocenters. The Kier molecular flexibility index (Phi) is 48.9. The molecule has 2 N–H and O–H groups in total. The van der Waals surface area contributed by atoms with Gasteiger partial charge in [0, 0.05) is 28.3 Å². The fourth-order valence-corrected chi connectivity index (χ4v) is 12.7. The molecule has 2 atom stereocenters. The van der Waals surface area contributed by atoms with Crippen LogP contribution in [0.3, 0.4) is 0 Å². The maximum absolute atomic E-state index is 12.1. The van der Waals surface area contributed by atoms with Crippen molar-refractivity contribution in [3.05, 3.63) is 0 Å². The fourth-order valence-electron chi connectivity index (χ4n) is 6.79. The molecular weight excluding hydrogens is 1520 g/mol. The predicted molar refractivity (Wildman–Crippen MR) is 417 cm³/mol. The number of rotatable bonds is 41. The third-order valence-corrected chi connectivity index (χ3v) is 26.7. The highest BCUT2D eigenvalue weighted by Crippen LogP contribution is 2.32. The van der Waals surface area contributed by atoms with Crippen LogP contribution in [-0.4, -0.2) is 197 Å². The van der Waals surface area contributed by atoms with Crippen molar-refractivity contribution in [1.82, 2.24) is 10.6 Å². The average molecular weight is 1670 g/mol. The molecule has 642 valence electrons. The van der Waals surface area contributed by atoms with Crippen LogP contribution in [0.5, 0.6) is 0 Å². The zero-order chi connectivity index (χ0) is 87.0. The van der Waals surface area contributed by atoms with Crippen LogP contribution in [-0.2, 0) is 134 Å². The first kappa shape index (κ1) is 114. The van der Waals surface area contributed by atoms with Crippen molar-refractivity contribution in [2.24, 2.45) is 32.5 Å². The first-order valence-electron chi connectivity index (χ1n) is 35.6. The summed E-state index contributed by atoms with van der Waals surface area (Å²) in [7, 11) is -14.8. The van der Waals surface area contributed by atoms with E-state index in [1.807, 2.05) is 118 Å². The zero-order valence-electron chi connectivity index (χ0n) is 71.9. The van der Waals surface area contributed by atoms with Crippen molar-refractivity contribution < 1.29 is 123 Å². The Morgan fingerprint density at radius 2 is 0.449 bits per heavy atom. The SMILES string of the molecule is CCC(C)(C)C(=O)NC(C)(C)CCS(=O)(=O)OC.CCC(C)(C)C(=O)NC(C)(C)CCS(=O)(=O)OC.CCC(C)(C)C(=O)OC(C)(C)CS(=O)(=O)OC.CCC(C)(C)C(=O)OC(C)(C)CS(=O)(=O)OC.CCC(C)(CCS(=O)(=O)OC)OC(=O)C(C)(C)CC.CCC(C)(CS(=O)(=O)OC)OC(=O)C(C)(C)CC. The van der Waals surface area contributed by atoms with E-state index in [1.165, 1.54) is 0 Å². The Labute approximate surface area is 648 Å². The number of nitrogens with one attached hydrogen (secondary N) is 2. The van der Waals surface area contributed by atoms with Crippen LogP contribution >= 0.6 is 0 Å². The van der Waals surface area contributed by atoms with Crippen molar-refractivity contribution >= 4 is 96.4 Å². The lowest BCUT2D eigenvalue weighted by Crippen LogP contribution is -2.49. The Hall–Kier alpha value is -3.72. The summed E-state index contributed by atoms with van der Waals surface area (Å²) < 4.78 is 183. The second-order valence-corrected chi connectivity index (χ2v) is 43.7. The number of carbonyl (C=O) groups is 6. The molecule has 0 heterocycles. The minimum absolute atomic E-state index is 0.0650. The molecule has 0 aliphatic rings. The van der Waals surface area contributed by atoms with E-state index in [-0.39, 0.29) is 64.7 Å². The van der Waals surface area contributed by atoms with E-state index in [2.05, 4.69) is 35.7 Å². The van der Waals surface area contributed by atoms with E-state index in [1.54, 1.807) is 90.0 Å². The van der Waals surface area contributed by atoms with E-state index >= 15 is 0 Å². The van der Waals surface area contributed by atoms with Gasteiger partial charge in [0.1, 0.15) is 39.7 Å². The van der Waals surface area contributed by atoms with Crippen molar-refractivity contribution in [3.8, 4) is 0 Å². The second-order valence-electron chi connectivity index (χ2n) is 32.9. The van der Waals surface area contributed by atoms with Gasteiger partial charge in [0.15, 0.2) is 0 Å². The van der Waals surface area contributed by atoms with Gasteiger partial charge in [0.2, 0.25) is 11.8 Å². The second kappa shape index (κ2) is 45.8. The number of carbonyl (C=O) groups excluding carboxylic acids is 6. The lowest BCUT2D eigenvalue weighted by atomic mass is 9.87. The summed E-state index contributed by atoms with van der Waals surface area (Å²) in [5.41, 5.74) is -8.49. The van der Waals surface area contributed by atoms with Gasteiger partial charge in [-0.05, 0) is 189 Å². The molecule has 0 aliphatic carbocycles. The summed E-state index contributed by atoms with van der Waals surface area (Å²) in [6.45, 7) is 53.6. The monoisotopic (exact) mass is 1660 g/mol. The Balaban J connectivity index is -0.000000286. The van der Waals surface area contributed by atoms with Crippen LogP contribution in [0.15, 0.2) is 0 Å². The molecule has 30 nitrogen and oxygen atoms in total. The van der Waals surface area contributed by atoms with Crippen LogP contribution in [0.2, 0.25) is 0 Å². The minimum atomic E-state index is -3.66. The minimum Gasteiger partial charge on any atom is -0.459 e. The molecule has 0 bridgehead atoms. The van der Waals surface area contributed by atoms with Gasteiger partial charge in [-0.1, -0.05) is 83.1 Å². The quantitative estimate of drug-likeness (QED) is 0.0326. The highest BCUT2D eigenvalue weighted by Gasteiger charge is 2.41. The van der Waals surface area contributed by atoms with E-state index in [0.29, 0.717) is 51.4 Å². The van der Waals surface area contributed by atoms with Crippen molar-refractivity contribution in [2.75, 3.05) is 77.2 Å². The molecule has 0 aromatic carbocycles. The van der Waals surface area contributed by atoms with Gasteiger partial charge in [0.05, 0.1) is 81.6 Å². The van der Waals surface area contributed by atoms with E-state index in [0.717, 1.165) is 55.5 Å². The summed E-state index contributed by atoms with van der Waals surface area (Å²) >= 11 is 0. The first-order chi connectivity index (χ1) is 47.4. The Morgan fingerprint density at radius 3 is 0.654 bits per heavy atom. The number of hydrogen-bond donors (Lipinski definition) is 2. The largest absolute Gasteiger partial charge is 0.459 e. The molecule has 2 amide bonds. The average Bonchev–Trinajstić information content (AvgIpc) is 0.854. The van der Waals surface area contributed by atoms with Gasteiger partial charge in [-0.2, -0.15) is 50.5 Å². The number of ether oxygens (including phenoxy) is 4. The van der Waals surface area contributed by atoms with Crippen molar-refractivity contribution in [1.29, 1.82) is 0 Å². The molecule has 107 heavy (non-hydrogen) atoms. The first-order valence-corrected chi connectivity index (χ1v) is 45.1. The maximum atomic E-state index is 12.1. The summed E-state index contributed by atoms with van der Waals surface area (Å²) in [4.78, 5) is 71.7. The van der Waals surface area contributed by atoms with Gasteiger partial charge in [-0.25, -0.2) is 0 Å². The van der Waals surface area contributed by atoms with Crippen LogP contribution in [0.1, 0.15) is 278 Å². The highest BCUT2D eigenvalue weighted by molar-refractivity contribution is 7.88. The lowest BCUT2D eigenvalue weighted by molar-refractivity contribution is -0.170. The number of hydrogen-bond acceptors (Lipinski definition) is 28. The van der Waals surface area contributed by atoms with Gasteiger partial charge in [-0.15, -0.1) is 0 Å². The molecule has 0 radical (unpaired) electrons. The lowest BCUT2D eigenvalue weighted by Gasteiger charge is -2.32. The van der Waals surface area contributed by atoms with Crippen molar-refractivity contribution in [2.45, 2.75) is 312 Å². The third kappa shape index (κ3) is 50.1. The molecule has 0 aliphatic heterocycles. The molecule has 36 heteroatoms. The van der Waals surface area contributed by atoms with Gasteiger partial charge >= 0.3 is 23.9 Å². The van der Waals surface area contributed by atoms with Crippen LogP contribution in [0.4, 0.5) is 0 Å². The maximum Gasteiger partial charge on any atom is 0.312 e. The molecule has 0 rings (SSSR count).